The fourth-order valence-electron chi connectivity index (χ4n) is 2.99. The minimum Gasteiger partial charge on any atom is -0.463 e. The molecule has 0 aliphatic rings. The largest absolute Gasteiger partial charge is 0.463 e. The summed E-state index contributed by atoms with van der Waals surface area (Å²) in [7, 11) is -3.60. The van der Waals surface area contributed by atoms with Crippen LogP contribution in [0, 0.1) is 0 Å². The molecule has 6 heteroatoms. The Labute approximate surface area is 171 Å². The second-order valence-corrected chi connectivity index (χ2v) is 8.19. The molecule has 0 amide bonds. The van der Waals surface area contributed by atoms with Crippen molar-refractivity contribution in [2.45, 2.75) is 18.2 Å². The minimum absolute atomic E-state index is 0.287. The van der Waals surface area contributed by atoms with Crippen LogP contribution in [0.1, 0.15) is 18.1 Å². The molecule has 0 fully saturated rings. The Morgan fingerprint density at radius 1 is 1.00 bits per heavy atom. The first-order valence-corrected chi connectivity index (χ1v) is 10.9. The van der Waals surface area contributed by atoms with Crippen molar-refractivity contribution in [3.63, 3.8) is 0 Å². The number of nitrogens with one attached hydrogen (secondary N) is 1. The molecule has 3 aromatic carbocycles. The van der Waals surface area contributed by atoms with Gasteiger partial charge in [0.2, 0.25) is 10.0 Å². The van der Waals surface area contributed by atoms with Crippen LogP contribution >= 0.6 is 0 Å². The van der Waals surface area contributed by atoms with Gasteiger partial charge in [-0.05, 0) is 42.0 Å². The summed E-state index contributed by atoms with van der Waals surface area (Å²) in [4.78, 5) is 11.6. The number of fused-ring (bicyclic) bond motifs is 1. The van der Waals surface area contributed by atoms with Crippen molar-refractivity contribution >= 4 is 32.8 Å². The Kier molecular flexibility index (Phi) is 6.80. The van der Waals surface area contributed by atoms with E-state index in [-0.39, 0.29) is 10.9 Å². The van der Waals surface area contributed by atoms with Crippen molar-refractivity contribution in [1.29, 1.82) is 0 Å². The lowest BCUT2D eigenvalue weighted by atomic mass is 10.1. The van der Waals surface area contributed by atoms with Gasteiger partial charge in [-0.3, -0.25) is 0 Å². The summed E-state index contributed by atoms with van der Waals surface area (Å²) < 4.78 is 33.0. The predicted octanol–water partition coefficient (Wildman–Crippen LogP) is 3.94. The van der Waals surface area contributed by atoms with Gasteiger partial charge in [-0.25, -0.2) is 17.9 Å². The molecule has 0 aliphatic carbocycles. The van der Waals surface area contributed by atoms with Crippen molar-refractivity contribution < 1.29 is 17.9 Å². The number of carbonyl (C=O) groups excluding carboxylic acids is 1. The standard InChI is InChI=1S/C23H23NO4S/c1-2-28-23(25)15-14-18-10-12-19(13-11-18)16-17-24-29(26,27)22-9-5-7-20-6-3-4-8-21(20)22/h3-15,24H,2,16-17H2,1H3. The van der Waals surface area contributed by atoms with E-state index in [4.69, 9.17) is 4.74 Å². The van der Waals surface area contributed by atoms with Crippen LogP contribution in [0.5, 0.6) is 0 Å². The third-order valence-corrected chi connectivity index (χ3v) is 5.94. The first kappa shape index (κ1) is 20.8. The number of carbonyl (C=O) groups is 1. The summed E-state index contributed by atoms with van der Waals surface area (Å²) in [5.74, 6) is -0.376. The number of rotatable bonds is 8. The Balaban J connectivity index is 1.61. The third-order valence-electron chi connectivity index (χ3n) is 4.42. The molecule has 3 aromatic rings. The van der Waals surface area contributed by atoms with Gasteiger partial charge >= 0.3 is 5.97 Å². The number of hydrogen-bond acceptors (Lipinski definition) is 4. The van der Waals surface area contributed by atoms with E-state index < -0.39 is 10.0 Å². The first-order chi connectivity index (χ1) is 14.0. The van der Waals surface area contributed by atoms with Crippen molar-refractivity contribution in [2.24, 2.45) is 0 Å². The van der Waals surface area contributed by atoms with Crippen molar-refractivity contribution in [1.82, 2.24) is 4.72 Å². The summed E-state index contributed by atoms with van der Waals surface area (Å²) >= 11 is 0. The normalized spacial score (nSPS) is 11.8. The van der Waals surface area contributed by atoms with Crippen LogP contribution in [0.25, 0.3) is 16.8 Å². The smallest absolute Gasteiger partial charge is 0.330 e. The molecular weight excluding hydrogens is 386 g/mol. The molecule has 0 heterocycles. The van der Waals surface area contributed by atoms with Crippen LogP contribution in [-0.2, 0) is 26.0 Å². The van der Waals surface area contributed by atoms with Gasteiger partial charge in [-0.2, -0.15) is 0 Å². The van der Waals surface area contributed by atoms with Gasteiger partial charge in [-0.15, -0.1) is 0 Å². The Morgan fingerprint density at radius 2 is 1.72 bits per heavy atom. The fraction of sp³-hybridized carbons (Fsp3) is 0.174. The first-order valence-electron chi connectivity index (χ1n) is 9.41. The van der Waals surface area contributed by atoms with Crippen molar-refractivity contribution in [2.75, 3.05) is 13.2 Å². The highest BCUT2D eigenvalue weighted by molar-refractivity contribution is 7.89. The van der Waals surface area contributed by atoms with E-state index in [1.54, 1.807) is 25.1 Å². The van der Waals surface area contributed by atoms with Crippen molar-refractivity contribution in [3.8, 4) is 0 Å². The SMILES string of the molecule is CCOC(=O)C=Cc1ccc(CCNS(=O)(=O)c2cccc3ccccc23)cc1. The number of hydrogen-bond donors (Lipinski definition) is 1. The summed E-state index contributed by atoms with van der Waals surface area (Å²) in [6.07, 6.45) is 3.63. The predicted molar refractivity (Wildman–Crippen MR) is 115 cm³/mol. The van der Waals surface area contributed by atoms with Gasteiger partial charge in [0, 0.05) is 18.0 Å². The lowest BCUT2D eigenvalue weighted by molar-refractivity contribution is -0.137. The average Bonchev–Trinajstić information content (AvgIpc) is 2.73. The molecule has 0 unspecified atom stereocenters. The number of benzene rings is 3. The molecule has 0 radical (unpaired) electrons. The summed E-state index contributed by atoms with van der Waals surface area (Å²) in [5.41, 5.74) is 1.87. The molecule has 0 bridgehead atoms. The third kappa shape index (κ3) is 5.53. The highest BCUT2D eigenvalue weighted by Gasteiger charge is 2.16. The maximum atomic E-state index is 12.7. The van der Waals surface area contributed by atoms with Gasteiger partial charge in [0.25, 0.3) is 0 Å². The molecule has 0 atom stereocenters. The van der Waals surface area contributed by atoms with E-state index in [1.807, 2.05) is 54.6 Å². The average molecular weight is 410 g/mol. The Hall–Kier alpha value is -2.96. The lowest BCUT2D eigenvalue weighted by Gasteiger charge is -2.10. The molecule has 0 saturated heterocycles. The van der Waals surface area contributed by atoms with Gasteiger partial charge in [0.05, 0.1) is 11.5 Å². The van der Waals surface area contributed by atoms with Crippen LogP contribution in [0.4, 0.5) is 0 Å². The number of sulfonamides is 1. The molecule has 0 aliphatic heterocycles. The summed E-state index contributed by atoms with van der Waals surface area (Å²) in [6, 6.07) is 20.3. The van der Waals surface area contributed by atoms with E-state index in [2.05, 4.69) is 4.72 Å². The zero-order valence-electron chi connectivity index (χ0n) is 16.2. The molecular formula is C23H23NO4S. The van der Waals surface area contributed by atoms with Crippen LogP contribution < -0.4 is 4.72 Å². The second kappa shape index (κ2) is 9.49. The van der Waals surface area contributed by atoms with E-state index in [0.717, 1.165) is 16.5 Å². The van der Waals surface area contributed by atoms with Crippen LogP contribution in [0.3, 0.4) is 0 Å². The highest BCUT2D eigenvalue weighted by Crippen LogP contribution is 2.22. The minimum atomic E-state index is -3.60. The topological polar surface area (TPSA) is 72.5 Å². The maximum Gasteiger partial charge on any atom is 0.330 e. The highest BCUT2D eigenvalue weighted by atomic mass is 32.2. The van der Waals surface area contributed by atoms with Gasteiger partial charge in [0.1, 0.15) is 0 Å². The molecule has 0 spiro atoms. The van der Waals surface area contributed by atoms with E-state index in [0.29, 0.717) is 25.0 Å². The van der Waals surface area contributed by atoms with Crippen LogP contribution in [0.2, 0.25) is 0 Å². The van der Waals surface area contributed by atoms with Crippen LogP contribution in [-0.4, -0.2) is 27.5 Å². The Bertz CT molecular complexity index is 1110. The van der Waals surface area contributed by atoms with E-state index >= 15 is 0 Å². The van der Waals surface area contributed by atoms with Crippen molar-refractivity contribution in [3.05, 3.63) is 83.9 Å². The lowest BCUT2D eigenvalue weighted by Crippen LogP contribution is -2.26. The molecule has 29 heavy (non-hydrogen) atoms. The number of ether oxygens (including phenoxy) is 1. The van der Waals surface area contributed by atoms with Gasteiger partial charge in [0.15, 0.2) is 0 Å². The second-order valence-electron chi connectivity index (χ2n) is 6.45. The zero-order valence-corrected chi connectivity index (χ0v) is 17.0. The molecule has 0 saturated carbocycles. The van der Waals surface area contributed by atoms with E-state index in [1.165, 1.54) is 6.08 Å². The quantitative estimate of drug-likeness (QED) is 0.452. The van der Waals surface area contributed by atoms with Crippen LogP contribution in [0.15, 0.2) is 77.7 Å². The maximum absolute atomic E-state index is 12.7. The molecule has 0 aromatic heterocycles. The molecule has 1 N–H and O–H groups in total. The molecule has 3 rings (SSSR count). The monoisotopic (exact) mass is 409 g/mol. The summed E-state index contributed by atoms with van der Waals surface area (Å²) in [6.45, 7) is 2.40. The Morgan fingerprint density at radius 3 is 2.48 bits per heavy atom. The number of esters is 1. The zero-order chi connectivity index (χ0) is 20.7. The summed E-state index contributed by atoms with van der Waals surface area (Å²) in [5, 5.41) is 1.60. The fourth-order valence-corrected chi connectivity index (χ4v) is 4.25. The van der Waals surface area contributed by atoms with E-state index in [9.17, 15) is 13.2 Å². The molecule has 5 nitrogen and oxygen atoms in total. The van der Waals surface area contributed by atoms with Gasteiger partial charge in [-0.1, -0.05) is 60.7 Å². The van der Waals surface area contributed by atoms with Gasteiger partial charge < -0.3 is 4.74 Å². The molecule has 150 valence electrons.